The summed E-state index contributed by atoms with van der Waals surface area (Å²) in [5, 5.41) is 21.2. The molecule has 0 saturated carbocycles. The van der Waals surface area contributed by atoms with Crippen molar-refractivity contribution >= 4 is 16.8 Å². The number of nitrogens with zero attached hydrogens (tertiary/aromatic N) is 1. The molecule has 31 heavy (non-hydrogen) atoms. The minimum atomic E-state index is -1.03. The van der Waals surface area contributed by atoms with Gasteiger partial charge in [-0.3, -0.25) is 4.79 Å². The molecule has 0 radical (unpaired) electrons. The van der Waals surface area contributed by atoms with E-state index in [2.05, 4.69) is 0 Å². The van der Waals surface area contributed by atoms with Crippen LogP contribution in [0.4, 0.5) is 4.39 Å². The minimum Gasteiger partial charge on any atom is -0.393 e. The smallest absolute Gasteiger partial charge is 0.259 e. The summed E-state index contributed by atoms with van der Waals surface area (Å²) in [5.74, 6) is -0.332. The van der Waals surface area contributed by atoms with Gasteiger partial charge in [0.2, 0.25) is 0 Å². The van der Waals surface area contributed by atoms with E-state index in [0.717, 1.165) is 16.5 Å². The molecule has 6 heteroatoms. The van der Waals surface area contributed by atoms with Crippen LogP contribution in [0.2, 0.25) is 0 Å². The number of aromatic nitrogens is 1. The zero-order valence-corrected chi connectivity index (χ0v) is 17.5. The van der Waals surface area contributed by atoms with Gasteiger partial charge in [-0.1, -0.05) is 36.4 Å². The number of fused-ring (bicyclic) bond motifs is 1. The molecule has 2 N–H and O–H groups in total. The third-order valence-corrected chi connectivity index (χ3v) is 5.59. The maximum Gasteiger partial charge on any atom is 0.259 e. The van der Waals surface area contributed by atoms with Gasteiger partial charge in [0.1, 0.15) is 5.82 Å². The standard InChI is InChI=1S/C25H26FNO4/c1-15(2)27-22(12-11-19-13-18(28)14-23(29)31-19)24(16-7-9-17(26)10-8-16)20-5-3-4-6-21(20)25(27)30/h3-12,15,18-19,23,28-29H,13-14H2,1-2H3/b12-11+/t18-,19-,23?/m1/s1. The number of benzene rings is 2. The Balaban J connectivity index is 1.96. The van der Waals surface area contributed by atoms with Crippen LogP contribution in [0.3, 0.4) is 0 Å². The lowest BCUT2D eigenvalue weighted by Gasteiger charge is -2.28. The Morgan fingerprint density at radius 2 is 1.74 bits per heavy atom. The van der Waals surface area contributed by atoms with Crippen LogP contribution < -0.4 is 5.56 Å². The first-order valence-corrected chi connectivity index (χ1v) is 10.5. The molecule has 1 fully saturated rings. The van der Waals surface area contributed by atoms with Crippen molar-refractivity contribution in [2.45, 2.75) is 51.2 Å². The zero-order chi connectivity index (χ0) is 22.1. The van der Waals surface area contributed by atoms with Crippen LogP contribution in [0, 0.1) is 5.82 Å². The van der Waals surface area contributed by atoms with Crippen molar-refractivity contribution in [1.29, 1.82) is 0 Å². The summed E-state index contributed by atoms with van der Waals surface area (Å²) < 4.78 is 20.9. The summed E-state index contributed by atoms with van der Waals surface area (Å²) >= 11 is 0. The number of aliphatic hydroxyl groups is 2. The van der Waals surface area contributed by atoms with Crippen LogP contribution >= 0.6 is 0 Å². The molecular formula is C25H26FNO4. The fourth-order valence-electron chi connectivity index (χ4n) is 4.21. The Labute approximate surface area is 180 Å². The number of ether oxygens (including phenoxy) is 1. The minimum absolute atomic E-state index is 0.110. The summed E-state index contributed by atoms with van der Waals surface area (Å²) in [7, 11) is 0. The van der Waals surface area contributed by atoms with E-state index in [1.54, 1.807) is 28.8 Å². The quantitative estimate of drug-likeness (QED) is 0.658. The van der Waals surface area contributed by atoms with Crippen LogP contribution in [0.5, 0.6) is 0 Å². The first-order valence-electron chi connectivity index (χ1n) is 10.5. The van der Waals surface area contributed by atoms with Crippen molar-refractivity contribution in [3.8, 4) is 11.1 Å². The van der Waals surface area contributed by atoms with E-state index < -0.39 is 18.5 Å². The SMILES string of the molecule is CC(C)n1c(/C=C/[C@@H]2C[C@@H](O)CC(O)O2)c(-c2ccc(F)cc2)c2ccccc2c1=O. The van der Waals surface area contributed by atoms with Crippen LogP contribution in [0.1, 0.15) is 38.4 Å². The summed E-state index contributed by atoms with van der Waals surface area (Å²) in [5.41, 5.74) is 2.16. The highest BCUT2D eigenvalue weighted by Crippen LogP contribution is 2.33. The zero-order valence-electron chi connectivity index (χ0n) is 17.5. The van der Waals surface area contributed by atoms with Crippen molar-refractivity contribution in [2.75, 3.05) is 0 Å². The molecule has 1 aromatic heterocycles. The Kier molecular flexibility index (Phi) is 6.05. The highest BCUT2D eigenvalue weighted by Gasteiger charge is 2.26. The van der Waals surface area contributed by atoms with Crippen LogP contribution in [-0.4, -0.2) is 33.3 Å². The molecule has 1 saturated heterocycles. The summed E-state index contributed by atoms with van der Waals surface area (Å²) in [6.07, 6.45) is 1.94. The number of halogens is 1. The van der Waals surface area contributed by atoms with Crippen molar-refractivity contribution in [2.24, 2.45) is 0 Å². The molecule has 0 aliphatic carbocycles. The molecule has 3 atom stereocenters. The van der Waals surface area contributed by atoms with Crippen molar-refractivity contribution in [3.05, 3.63) is 76.5 Å². The van der Waals surface area contributed by atoms with Gasteiger partial charge in [-0.05, 0) is 49.1 Å². The van der Waals surface area contributed by atoms with Crippen LogP contribution in [0.15, 0.2) is 59.4 Å². The van der Waals surface area contributed by atoms with Gasteiger partial charge >= 0.3 is 0 Å². The van der Waals surface area contributed by atoms with Crippen LogP contribution in [0.25, 0.3) is 28.0 Å². The van der Waals surface area contributed by atoms with Gasteiger partial charge < -0.3 is 19.5 Å². The molecule has 162 valence electrons. The normalized spacial score (nSPS) is 21.9. The highest BCUT2D eigenvalue weighted by molar-refractivity contribution is 5.99. The van der Waals surface area contributed by atoms with Gasteiger partial charge in [-0.2, -0.15) is 0 Å². The van der Waals surface area contributed by atoms with Crippen molar-refractivity contribution in [1.82, 2.24) is 4.57 Å². The highest BCUT2D eigenvalue weighted by atomic mass is 19.1. The molecule has 0 amide bonds. The van der Waals surface area contributed by atoms with Gasteiger partial charge in [0.15, 0.2) is 6.29 Å². The lowest BCUT2D eigenvalue weighted by Crippen LogP contribution is -2.34. The van der Waals surface area contributed by atoms with E-state index in [1.807, 2.05) is 38.1 Å². The second-order valence-corrected chi connectivity index (χ2v) is 8.20. The Morgan fingerprint density at radius 3 is 2.39 bits per heavy atom. The predicted molar refractivity (Wildman–Crippen MR) is 119 cm³/mol. The fraction of sp³-hybridized carbons (Fsp3) is 0.320. The van der Waals surface area contributed by atoms with Gasteiger partial charge in [-0.25, -0.2) is 4.39 Å². The number of pyridine rings is 1. The monoisotopic (exact) mass is 423 g/mol. The molecule has 0 bridgehead atoms. The van der Waals surface area contributed by atoms with Gasteiger partial charge in [0.05, 0.1) is 17.9 Å². The molecule has 5 nitrogen and oxygen atoms in total. The fourth-order valence-corrected chi connectivity index (χ4v) is 4.21. The molecular weight excluding hydrogens is 397 g/mol. The van der Waals surface area contributed by atoms with Crippen molar-refractivity contribution in [3.63, 3.8) is 0 Å². The van der Waals surface area contributed by atoms with Gasteiger partial charge in [-0.15, -0.1) is 0 Å². The average molecular weight is 423 g/mol. The largest absolute Gasteiger partial charge is 0.393 e. The molecule has 2 heterocycles. The Hall–Kier alpha value is -2.80. The van der Waals surface area contributed by atoms with E-state index >= 15 is 0 Å². The second-order valence-electron chi connectivity index (χ2n) is 8.20. The van der Waals surface area contributed by atoms with E-state index in [1.165, 1.54) is 12.1 Å². The number of hydrogen-bond donors (Lipinski definition) is 2. The summed E-state index contributed by atoms with van der Waals surface area (Å²) in [6, 6.07) is 13.5. The molecule has 0 spiro atoms. The molecule has 3 aromatic rings. The molecule has 2 aromatic carbocycles. The third kappa shape index (κ3) is 4.32. The van der Waals surface area contributed by atoms with Gasteiger partial charge in [0.25, 0.3) is 5.56 Å². The number of rotatable bonds is 4. The Morgan fingerprint density at radius 1 is 1.06 bits per heavy atom. The van der Waals surface area contributed by atoms with Crippen LogP contribution in [-0.2, 0) is 4.74 Å². The van der Waals surface area contributed by atoms with Crippen molar-refractivity contribution < 1.29 is 19.3 Å². The maximum absolute atomic E-state index is 13.6. The first kappa shape index (κ1) is 21.4. The topological polar surface area (TPSA) is 71.7 Å². The lowest BCUT2D eigenvalue weighted by molar-refractivity contribution is -0.175. The van der Waals surface area contributed by atoms with E-state index in [4.69, 9.17) is 4.74 Å². The lowest BCUT2D eigenvalue weighted by atomic mass is 9.95. The van der Waals surface area contributed by atoms with E-state index in [0.29, 0.717) is 17.5 Å². The predicted octanol–water partition coefficient (Wildman–Crippen LogP) is 4.26. The van der Waals surface area contributed by atoms with E-state index in [9.17, 15) is 19.4 Å². The number of aliphatic hydroxyl groups excluding tert-OH is 2. The Bertz CT molecular complexity index is 1160. The molecule has 1 unspecified atom stereocenters. The molecule has 1 aliphatic rings. The molecule has 4 rings (SSSR count). The number of hydrogen-bond acceptors (Lipinski definition) is 4. The first-order chi connectivity index (χ1) is 14.8. The van der Waals surface area contributed by atoms with E-state index in [-0.39, 0.29) is 23.8 Å². The molecule has 1 aliphatic heterocycles. The van der Waals surface area contributed by atoms with Gasteiger partial charge in [0, 0.05) is 29.8 Å². The maximum atomic E-state index is 13.6. The summed E-state index contributed by atoms with van der Waals surface area (Å²) in [4.78, 5) is 13.3. The summed E-state index contributed by atoms with van der Waals surface area (Å²) in [6.45, 7) is 3.87. The average Bonchev–Trinajstić information content (AvgIpc) is 2.72. The third-order valence-electron chi connectivity index (χ3n) is 5.59. The second kappa shape index (κ2) is 8.75.